The van der Waals surface area contributed by atoms with Gasteiger partial charge in [-0.1, -0.05) is 12.1 Å². The van der Waals surface area contributed by atoms with E-state index in [4.69, 9.17) is 4.74 Å². The first-order chi connectivity index (χ1) is 9.60. The van der Waals surface area contributed by atoms with Crippen LogP contribution in [0.2, 0.25) is 0 Å². The molecule has 0 aliphatic carbocycles. The Morgan fingerprint density at radius 3 is 2.60 bits per heavy atom. The monoisotopic (exact) mass is 334 g/mol. The molecule has 4 nitrogen and oxygen atoms in total. The highest BCUT2D eigenvalue weighted by atomic mass is 79.9. The molecule has 5 heteroatoms. The van der Waals surface area contributed by atoms with Crippen LogP contribution in [0.5, 0.6) is 5.75 Å². The zero-order chi connectivity index (χ0) is 14.5. The Bertz CT molecular complexity index is 599. The molecule has 1 atom stereocenters. The number of nitrogens with one attached hydrogen (secondary N) is 1. The van der Waals surface area contributed by atoms with Gasteiger partial charge in [-0.3, -0.25) is 9.78 Å². The van der Waals surface area contributed by atoms with Crippen molar-refractivity contribution in [1.29, 1.82) is 0 Å². The van der Waals surface area contributed by atoms with Crippen LogP contribution < -0.4 is 10.1 Å². The summed E-state index contributed by atoms with van der Waals surface area (Å²) in [5, 5.41) is 2.94. The van der Waals surface area contributed by atoms with Crippen LogP contribution in [0.1, 0.15) is 28.9 Å². The standard InChI is InChI=1S/C15H15BrN2O2/c1-10(11-3-5-14(20-2)6-4-11)18-15(19)12-7-13(16)9-17-8-12/h3-10H,1-2H3,(H,18,19). The lowest BCUT2D eigenvalue weighted by Crippen LogP contribution is -2.26. The maximum atomic E-state index is 12.1. The molecule has 1 unspecified atom stereocenters. The van der Waals surface area contributed by atoms with Crippen LogP contribution in [-0.2, 0) is 0 Å². The Morgan fingerprint density at radius 1 is 1.30 bits per heavy atom. The van der Waals surface area contributed by atoms with E-state index < -0.39 is 0 Å². The van der Waals surface area contributed by atoms with E-state index in [0.29, 0.717) is 5.56 Å². The van der Waals surface area contributed by atoms with E-state index in [-0.39, 0.29) is 11.9 Å². The van der Waals surface area contributed by atoms with Gasteiger partial charge in [0.25, 0.3) is 5.91 Å². The zero-order valence-corrected chi connectivity index (χ0v) is 12.8. The van der Waals surface area contributed by atoms with Crippen LogP contribution in [0, 0.1) is 0 Å². The molecule has 1 heterocycles. The number of ether oxygens (including phenoxy) is 1. The van der Waals surface area contributed by atoms with Crippen molar-refractivity contribution in [3.8, 4) is 5.75 Å². The molecule has 0 aliphatic rings. The summed E-state index contributed by atoms with van der Waals surface area (Å²) >= 11 is 3.30. The maximum absolute atomic E-state index is 12.1. The first-order valence-corrected chi connectivity index (χ1v) is 6.95. The number of hydrogen-bond donors (Lipinski definition) is 1. The van der Waals surface area contributed by atoms with Crippen molar-refractivity contribution in [3.05, 3.63) is 58.3 Å². The van der Waals surface area contributed by atoms with Crippen molar-refractivity contribution < 1.29 is 9.53 Å². The van der Waals surface area contributed by atoms with Crippen LogP contribution in [-0.4, -0.2) is 18.0 Å². The third kappa shape index (κ3) is 3.57. The molecule has 1 aromatic heterocycles. The average molecular weight is 335 g/mol. The summed E-state index contributed by atoms with van der Waals surface area (Å²) in [6.45, 7) is 1.94. The Labute approximate surface area is 126 Å². The summed E-state index contributed by atoms with van der Waals surface area (Å²) in [6, 6.07) is 9.26. The predicted octanol–water partition coefficient (Wildman–Crippen LogP) is 3.34. The number of carbonyl (C=O) groups excluding carboxylic acids is 1. The van der Waals surface area contributed by atoms with E-state index >= 15 is 0 Å². The molecule has 1 aromatic carbocycles. The van der Waals surface area contributed by atoms with Gasteiger partial charge in [0, 0.05) is 16.9 Å². The predicted molar refractivity (Wildman–Crippen MR) is 80.8 cm³/mol. The van der Waals surface area contributed by atoms with Gasteiger partial charge in [-0.15, -0.1) is 0 Å². The molecular weight excluding hydrogens is 320 g/mol. The van der Waals surface area contributed by atoms with E-state index in [2.05, 4.69) is 26.2 Å². The maximum Gasteiger partial charge on any atom is 0.253 e. The molecule has 2 rings (SSSR count). The van der Waals surface area contributed by atoms with Crippen LogP contribution in [0.25, 0.3) is 0 Å². The van der Waals surface area contributed by atoms with Crippen molar-refractivity contribution in [2.24, 2.45) is 0 Å². The first-order valence-electron chi connectivity index (χ1n) is 6.15. The minimum absolute atomic E-state index is 0.0904. The van der Waals surface area contributed by atoms with Crippen molar-refractivity contribution in [2.75, 3.05) is 7.11 Å². The Hall–Kier alpha value is -1.88. The van der Waals surface area contributed by atoms with Gasteiger partial charge in [0.05, 0.1) is 18.7 Å². The highest BCUT2D eigenvalue weighted by Crippen LogP contribution is 2.18. The van der Waals surface area contributed by atoms with Gasteiger partial charge in [0.2, 0.25) is 0 Å². The number of amides is 1. The Kier molecular flexibility index (Phi) is 4.74. The number of carbonyl (C=O) groups is 1. The Morgan fingerprint density at radius 2 is 2.00 bits per heavy atom. The molecule has 0 aliphatic heterocycles. The van der Waals surface area contributed by atoms with Crippen LogP contribution in [0.4, 0.5) is 0 Å². The molecule has 0 saturated carbocycles. The second kappa shape index (κ2) is 6.52. The van der Waals surface area contributed by atoms with Gasteiger partial charge >= 0.3 is 0 Å². The summed E-state index contributed by atoms with van der Waals surface area (Å²) in [6.07, 6.45) is 3.19. The normalized spacial score (nSPS) is 11.8. The highest BCUT2D eigenvalue weighted by molar-refractivity contribution is 9.10. The van der Waals surface area contributed by atoms with Gasteiger partial charge in [-0.05, 0) is 46.6 Å². The smallest absolute Gasteiger partial charge is 0.253 e. The fraction of sp³-hybridized carbons (Fsp3) is 0.200. The third-order valence-electron chi connectivity index (χ3n) is 2.93. The minimum atomic E-state index is -0.151. The molecule has 0 spiro atoms. The molecule has 0 fully saturated rings. The summed E-state index contributed by atoms with van der Waals surface area (Å²) in [5.74, 6) is 0.644. The van der Waals surface area contributed by atoms with Crippen LogP contribution >= 0.6 is 15.9 Å². The quantitative estimate of drug-likeness (QED) is 0.932. The van der Waals surface area contributed by atoms with Crippen molar-refractivity contribution >= 4 is 21.8 Å². The number of hydrogen-bond acceptors (Lipinski definition) is 3. The molecule has 1 N–H and O–H groups in total. The van der Waals surface area contributed by atoms with E-state index in [0.717, 1.165) is 15.8 Å². The van der Waals surface area contributed by atoms with E-state index in [1.165, 1.54) is 0 Å². The summed E-state index contributed by atoms with van der Waals surface area (Å²) in [7, 11) is 1.63. The number of aromatic nitrogens is 1. The summed E-state index contributed by atoms with van der Waals surface area (Å²) in [5.41, 5.74) is 1.54. The lowest BCUT2D eigenvalue weighted by Gasteiger charge is -2.14. The average Bonchev–Trinajstić information content (AvgIpc) is 2.47. The number of rotatable bonds is 4. The Balaban J connectivity index is 2.06. The van der Waals surface area contributed by atoms with Crippen LogP contribution in [0.3, 0.4) is 0 Å². The van der Waals surface area contributed by atoms with Gasteiger partial charge in [0.15, 0.2) is 0 Å². The van der Waals surface area contributed by atoms with Gasteiger partial charge in [-0.25, -0.2) is 0 Å². The highest BCUT2D eigenvalue weighted by Gasteiger charge is 2.12. The fourth-order valence-electron chi connectivity index (χ4n) is 1.79. The van der Waals surface area contributed by atoms with Gasteiger partial charge in [-0.2, -0.15) is 0 Å². The zero-order valence-electron chi connectivity index (χ0n) is 11.3. The number of methoxy groups -OCH3 is 1. The first kappa shape index (κ1) is 14.5. The topological polar surface area (TPSA) is 51.2 Å². The molecule has 2 aromatic rings. The number of benzene rings is 1. The second-order valence-corrected chi connectivity index (χ2v) is 5.28. The molecule has 0 radical (unpaired) electrons. The number of nitrogens with zero attached hydrogens (tertiary/aromatic N) is 1. The minimum Gasteiger partial charge on any atom is -0.497 e. The molecule has 104 valence electrons. The lowest BCUT2D eigenvalue weighted by molar-refractivity contribution is 0.0939. The van der Waals surface area contributed by atoms with Crippen molar-refractivity contribution in [1.82, 2.24) is 10.3 Å². The number of halogens is 1. The second-order valence-electron chi connectivity index (χ2n) is 4.36. The molecule has 0 saturated heterocycles. The SMILES string of the molecule is COc1ccc(C(C)NC(=O)c2cncc(Br)c2)cc1. The van der Waals surface area contributed by atoms with E-state index in [9.17, 15) is 4.79 Å². The molecule has 1 amide bonds. The van der Waals surface area contributed by atoms with Gasteiger partial charge in [0.1, 0.15) is 5.75 Å². The number of pyridine rings is 1. The van der Waals surface area contributed by atoms with Gasteiger partial charge < -0.3 is 10.1 Å². The van der Waals surface area contributed by atoms with Crippen LogP contribution in [0.15, 0.2) is 47.2 Å². The molecule has 0 bridgehead atoms. The lowest BCUT2D eigenvalue weighted by atomic mass is 10.1. The summed E-state index contributed by atoms with van der Waals surface area (Å²) in [4.78, 5) is 16.1. The van der Waals surface area contributed by atoms with E-state index in [1.54, 1.807) is 25.6 Å². The van der Waals surface area contributed by atoms with Crippen molar-refractivity contribution in [3.63, 3.8) is 0 Å². The third-order valence-corrected chi connectivity index (χ3v) is 3.36. The molecule has 20 heavy (non-hydrogen) atoms. The fourth-order valence-corrected chi connectivity index (χ4v) is 2.16. The largest absolute Gasteiger partial charge is 0.497 e. The van der Waals surface area contributed by atoms with Crippen molar-refractivity contribution in [2.45, 2.75) is 13.0 Å². The summed E-state index contributed by atoms with van der Waals surface area (Å²) < 4.78 is 5.89. The molecular formula is C15H15BrN2O2. The van der Waals surface area contributed by atoms with E-state index in [1.807, 2.05) is 31.2 Å².